The molecule has 3 aliphatic rings. The summed E-state index contributed by atoms with van der Waals surface area (Å²) < 4.78 is 11.4. The van der Waals surface area contributed by atoms with Gasteiger partial charge in [0.05, 0.1) is 12.7 Å². The monoisotopic (exact) mass is 332 g/mol. The normalized spacial score (nSPS) is 35.8. The van der Waals surface area contributed by atoms with Crippen LogP contribution in [0.25, 0.3) is 0 Å². The minimum atomic E-state index is -0.811. The van der Waals surface area contributed by atoms with Crippen molar-refractivity contribution in [2.45, 2.75) is 51.2 Å². The van der Waals surface area contributed by atoms with E-state index < -0.39 is 5.54 Å². The second-order valence-electron chi connectivity index (χ2n) is 7.41. The van der Waals surface area contributed by atoms with E-state index in [0.29, 0.717) is 13.2 Å². The zero-order valence-corrected chi connectivity index (χ0v) is 14.4. The van der Waals surface area contributed by atoms with Crippen LogP contribution in [0.2, 0.25) is 0 Å². The molecule has 6 heteroatoms. The number of nitrogens with one attached hydrogen (secondary N) is 1. The Hall–Kier alpha value is -0.360. The quantitative estimate of drug-likeness (QED) is 0.723. The van der Waals surface area contributed by atoms with E-state index in [1.165, 1.54) is 12.8 Å². The highest BCUT2D eigenvalue weighted by atomic mass is 35.5. The van der Waals surface area contributed by atoms with Crippen molar-refractivity contribution in [2.75, 3.05) is 26.4 Å². The highest BCUT2D eigenvalue weighted by Gasteiger charge is 2.70. The Morgan fingerprint density at radius 2 is 2.09 bits per heavy atom. The summed E-state index contributed by atoms with van der Waals surface area (Å²) in [6.45, 7) is 6.82. The van der Waals surface area contributed by atoms with Crippen LogP contribution in [-0.4, -0.2) is 43.9 Å². The number of fused-ring (bicyclic) bond motifs is 1. The number of carbonyl (C=O) groups is 1. The van der Waals surface area contributed by atoms with Crippen molar-refractivity contribution in [3.63, 3.8) is 0 Å². The first kappa shape index (κ1) is 18.0. The molecule has 3 atom stereocenters. The highest BCUT2D eigenvalue weighted by Crippen LogP contribution is 2.57. The van der Waals surface area contributed by atoms with Crippen LogP contribution in [0.1, 0.15) is 39.5 Å². The molecule has 0 aromatic carbocycles. The lowest BCUT2D eigenvalue weighted by molar-refractivity contribution is -0.225. The fourth-order valence-electron chi connectivity index (χ4n) is 3.95. The summed E-state index contributed by atoms with van der Waals surface area (Å²) >= 11 is 0. The van der Waals surface area contributed by atoms with E-state index in [2.05, 4.69) is 5.32 Å². The topological polar surface area (TPSA) is 73.6 Å². The van der Waals surface area contributed by atoms with Crippen LogP contribution in [0.4, 0.5) is 0 Å². The Labute approximate surface area is 139 Å². The van der Waals surface area contributed by atoms with Crippen molar-refractivity contribution < 1.29 is 14.3 Å². The first-order valence-corrected chi connectivity index (χ1v) is 8.24. The Bertz CT molecular complexity index is 414. The average Bonchev–Trinajstić information content (AvgIpc) is 3.30. The van der Waals surface area contributed by atoms with E-state index >= 15 is 0 Å². The molecule has 0 spiro atoms. The molecule has 22 heavy (non-hydrogen) atoms. The lowest BCUT2D eigenvalue weighted by Crippen LogP contribution is -2.82. The molecular formula is C16H29ClN2O3. The first-order valence-electron chi connectivity index (χ1n) is 8.24. The molecule has 0 bridgehead atoms. The highest BCUT2D eigenvalue weighted by molar-refractivity contribution is 5.89. The fourth-order valence-corrected chi connectivity index (χ4v) is 3.95. The Morgan fingerprint density at radius 1 is 1.36 bits per heavy atom. The third kappa shape index (κ3) is 2.88. The Balaban J connectivity index is 0.00000176. The molecule has 1 amide bonds. The van der Waals surface area contributed by atoms with Gasteiger partial charge in [-0.1, -0.05) is 13.8 Å². The van der Waals surface area contributed by atoms with Gasteiger partial charge >= 0.3 is 0 Å². The smallest absolute Gasteiger partial charge is 0.241 e. The zero-order valence-electron chi connectivity index (χ0n) is 13.6. The molecule has 128 valence electrons. The molecule has 5 nitrogen and oxygen atoms in total. The third-order valence-electron chi connectivity index (χ3n) is 5.64. The second-order valence-corrected chi connectivity index (χ2v) is 7.41. The summed E-state index contributed by atoms with van der Waals surface area (Å²) in [6.07, 6.45) is 4.67. The Kier molecular flexibility index (Phi) is 5.42. The maximum absolute atomic E-state index is 12.6. The predicted molar refractivity (Wildman–Crippen MR) is 87.0 cm³/mol. The minimum Gasteiger partial charge on any atom is -0.379 e. The third-order valence-corrected chi connectivity index (χ3v) is 5.64. The summed E-state index contributed by atoms with van der Waals surface area (Å²) in [5.74, 6) is 0.857. The van der Waals surface area contributed by atoms with Gasteiger partial charge in [-0.15, -0.1) is 12.4 Å². The van der Waals surface area contributed by atoms with E-state index in [4.69, 9.17) is 15.2 Å². The number of hydrogen-bond donors (Lipinski definition) is 2. The van der Waals surface area contributed by atoms with Crippen LogP contribution in [0, 0.1) is 17.3 Å². The number of halogens is 1. The summed E-state index contributed by atoms with van der Waals surface area (Å²) in [5.41, 5.74) is 5.40. The van der Waals surface area contributed by atoms with Crippen LogP contribution in [0.15, 0.2) is 0 Å². The van der Waals surface area contributed by atoms with Crippen LogP contribution in [0.3, 0.4) is 0 Å². The summed E-state index contributed by atoms with van der Waals surface area (Å²) in [4.78, 5) is 12.6. The van der Waals surface area contributed by atoms with Crippen molar-refractivity contribution >= 4 is 18.3 Å². The predicted octanol–water partition coefficient (Wildman–Crippen LogP) is 1.48. The lowest BCUT2D eigenvalue weighted by Gasteiger charge is -2.65. The minimum absolute atomic E-state index is 0. The van der Waals surface area contributed by atoms with E-state index in [-0.39, 0.29) is 35.8 Å². The van der Waals surface area contributed by atoms with Gasteiger partial charge < -0.3 is 20.5 Å². The molecule has 1 saturated heterocycles. The average molecular weight is 333 g/mol. The standard InChI is InChI=1S/C16H28N2O3.ClH/c1-15(2)13-12(4-3-8-21-13)16(15,17)14(19)18-7-9-20-10-11-5-6-11;/h11-13H,3-10,17H2,1-2H3,(H,18,19);1H. The molecule has 2 saturated carbocycles. The number of hydrogen-bond acceptors (Lipinski definition) is 4. The van der Waals surface area contributed by atoms with Gasteiger partial charge in [0.15, 0.2) is 0 Å². The summed E-state index contributed by atoms with van der Waals surface area (Å²) in [5, 5.41) is 2.96. The molecule has 3 N–H and O–H groups in total. The van der Waals surface area contributed by atoms with Gasteiger partial charge in [-0.25, -0.2) is 0 Å². The van der Waals surface area contributed by atoms with Gasteiger partial charge in [-0.2, -0.15) is 0 Å². The lowest BCUT2D eigenvalue weighted by atomic mass is 9.46. The van der Waals surface area contributed by atoms with Crippen LogP contribution in [-0.2, 0) is 14.3 Å². The number of rotatable bonds is 6. The van der Waals surface area contributed by atoms with Crippen molar-refractivity contribution in [1.82, 2.24) is 5.32 Å². The van der Waals surface area contributed by atoms with Gasteiger partial charge in [0, 0.05) is 31.1 Å². The maximum Gasteiger partial charge on any atom is 0.241 e. The van der Waals surface area contributed by atoms with Crippen molar-refractivity contribution in [2.24, 2.45) is 23.0 Å². The fraction of sp³-hybridized carbons (Fsp3) is 0.938. The van der Waals surface area contributed by atoms with E-state index in [1.54, 1.807) is 0 Å². The number of carbonyl (C=O) groups excluding carboxylic acids is 1. The Morgan fingerprint density at radius 3 is 2.77 bits per heavy atom. The van der Waals surface area contributed by atoms with E-state index in [1.807, 2.05) is 13.8 Å². The van der Waals surface area contributed by atoms with Crippen molar-refractivity contribution in [3.05, 3.63) is 0 Å². The molecule has 0 radical (unpaired) electrons. The maximum atomic E-state index is 12.6. The van der Waals surface area contributed by atoms with Crippen LogP contribution < -0.4 is 11.1 Å². The summed E-state index contributed by atoms with van der Waals surface area (Å²) in [6, 6.07) is 0. The molecule has 3 fully saturated rings. The molecular weight excluding hydrogens is 304 g/mol. The van der Waals surface area contributed by atoms with Gasteiger partial charge in [0.2, 0.25) is 5.91 Å². The zero-order chi connectivity index (χ0) is 15.1. The SMILES string of the molecule is CC1(C)C2OCCCC2C1(N)C(=O)NCCOCC1CC1.Cl. The van der Waals surface area contributed by atoms with E-state index in [0.717, 1.165) is 32.0 Å². The number of ether oxygens (including phenoxy) is 2. The van der Waals surface area contributed by atoms with Gasteiger partial charge in [-0.05, 0) is 31.6 Å². The van der Waals surface area contributed by atoms with Gasteiger partial charge in [0.25, 0.3) is 0 Å². The molecule has 1 heterocycles. The molecule has 1 aliphatic heterocycles. The van der Waals surface area contributed by atoms with E-state index in [9.17, 15) is 4.79 Å². The van der Waals surface area contributed by atoms with Gasteiger partial charge in [-0.3, -0.25) is 4.79 Å². The largest absolute Gasteiger partial charge is 0.379 e. The molecule has 2 aliphatic carbocycles. The molecule has 3 rings (SSSR count). The van der Waals surface area contributed by atoms with Gasteiger partial charge in [0.1, 0.15) is 5.54 Å². The van der Waals surface area contributed by atoms with Crippen molar-refractivity contribution in [1.29, 1.82) is 0 Å². The van der Waals surface area contributed by atoms with Crippen LogP contribution >= 0.6 is 12.4 Å². The first-order chi connectivity index (χ1) is 9.98. The summed E-state index contributed by atoms with van der Waals surface area (Å²) in [7, 11) is 0. The molecule has 3 unspecified atom stereocenters. The molecule has 0 aromatic rings. The second kappa shape index (κ2) is 6.63. The van der Waals surface area contributed by atoms with Crippen LogP contribution in [0.5, 0.6) is 0 Å². The number of nitrogens with two attached hydrogens (primary N) is 1. The number of amides is 1. The van der Waals surface area contributed by atoms with Crippen molar-refractivity contribution in [3.8, 4) is 0 Å². The molecule has 0 aromatic heterocycles.